The number of morpholine rings is 1. The zero-order valence-corrected chi connectivity index (χ0v) is 9.30. The monoisotopic (exact) mass is 227 g/mol. The summed E-state index contributed by atoms with van der Waals surface area (Å²) in [7, 11) is 0. The molecule has 0 radical (unpaired) electrons. The smallest absolute Gasteiger partial charge is 0.267 e. The average molecular weight is 227 g/mol. The molecule has 1 saturated carbocycles. The van der Waals surface area contributed by atoms with E-state index in [2.05, 4.69) is 9.85 Å². The molecule has 0 aromatic carbocycles. The first-order chi connectivity index (χ1) is 7.83. The maximum absolute atomic E-state index is 11.4. The van der Waals surface area contributed by atoms with Crippen LogP contribution in [0, 0.1) is 10.4 Å². The minimum Gasteiger partial charge on any atom is -0.739 e. The first-order valence-corrected chi connectivity index (χ1v) is 5.81. The van der Waals surface area contributed by atoms with Gasteiger partial charge in [0.1, 0.15) is 13.2 Å². The van der Waals surface area contributed by atoms with Gasteiger partial charge in [-0.15, -0.1) is 0 Å². The highest BCUT2D eigenvalue weighted by Gasteiger charge is 2.35. The quantitative estimate of drug-likeness (QED) is 0.379. The lowest BCUT2D eigenvalue weighted by atomic mass is 9.93. The van der Waals surface area contributed by atoms with Gasteiger partial charge in [0, 0.05) is 12.8 Å². The summed E-state index contributed by atoms with van der Waals surface area (Å²) in [6, 6.07) is -0.343. The zero-order chi connectivity index (χ0) is 11.4. The third-order valence-corrected chi connectivity index (χ3v) is 3.31. The lowest BCUT2D eigenvalue weighted by molar-refractivity contribution is -0.587. The molecular formula is C10H17N3O3. The van der Waals surface area contributed by atoms with Crippen molar-refractivity contribution in [3.63, 3.8) is 0 Å². The van der Waals surface area contributed by atoms with Crippen LogP contribution in [0.2, 0.25) is 0 Å². The summed E-state index contributed by atoms with van der Waals surface area (Å²) in [6.07, 6.45) is 3.73. The van der Waals surface area contributed by atoms with Gasteiger partial charge in [-0.25, -0.2) is 4.58 Å². The first-order valence-electron chi connectivity index (χ1n) is 5.81. The van der Waals surface area contributed by atoms with Gasteiger partial charge in [0.2, 0.25) is 5.71 Å². The molecule has 90 valence electrons. The Kier molecular flexibility index (Phi) is 3.71. The molecule has 0 amide bonds. The summed E-state index contributed by atoms with van der Waals surface area (Å²) in [5, 5.41) is 24.2. The Labute approximate surface area is 94.4 Å². The fraction of sp³-hybridized carbons (Fsp3) is 0.900. The van der Waals surface area contributed by atoms with Crippen molar-refractivity contribution < 1.29 is 14.2 Å². The van der Waals surface area contributed by atoms with E-state index in [-0.39, 0.29) is 6.04 Å². The molecule has 0 bridgehead atoms. The molecule has 1 unspecified atom stereocenters. The molecule has 6 nitrogen and oxygen atoms in total. The number of hydrogen-bond acceptors (Lipinski definition) is 4. The van der Waals surface area contributed by atoms with Crippen LogP contribution >= 0.6 is 0 Å². The fourth-order valence-electron chi connectivity index (χ4n) is 2.49. The van der Waals surface area contributed by atoms with E-state index in [9.17, 15) is 10.4 Å². The van der Waals surface area contributed by atoms with Crippen LogP contribution in [0.25, 0.3) is 0 Å². The molecule has 1 saturated heterocycles. The summed E-state index contributed by atoms with van der Waals surface area (Å²) >= 11 is 0. The van der Waals surface area contributed by atoms with Crippen LogP contribution < -0.4 is 0 Å². The van der Waals surface area contributed by atoms with Crippen LogP contribution in [0.1, 0.15) is 25.7 Å². The van der Waals surface area contributed by atoms with E-state index in [0.717, 1.165) is 44.5 Å². The second-order valence-electron chi connectivity index (χ2n) is 4.24. The summed E-state index contributed by atoms with van der Waals surface area (Å²) in [5.41, 5.74) is 1.07. The Morgan fingerprint density at radius 3 is 2.75 bits per heavy atom. The largest absolute Gasteiger partial charge is 0.739 e. The topological polar surface area (TPSA) is 73.7 Å². The van der Waals surface area contributed by atoms with Gasteiger partial charge in [-0.1, -0.05) is 4.86 Å². The number of ether oxygens (including phenoxy) is 1. The Bertz CT molecular complexity index is 306. The Morgan fingerprint density at radius 1 is 1.31 bits per heavy atom. The van der Waals surface area contributed by atoms with Crippen LogP contribution in [0.4, 0.5) is 0 Å². The van der Waals surface area contributed by atoms with E-state index in [1.54, 1.807) is 0 Å². The van der Waals surface area contributed by atoms with Crippen molar-refractivity contribution in [2.75, 3.05) is 26.3 Å². The second kappa shape index (κ2) is 5.25. The van der Waals surface area contributed by atoms with Crippen molar-refractivity contribution in [1.29, 1.82) is 0 Å². The van der Waals surface area contributed by atoms with E-state index in [1.807, 2.05) is 0 Å². The molecule has 1 atom stereocenters. The van der Waals surface area contributed by atoms with Crippen LogP contribution in [-0.4, -0.2) is 47.5 Å². The maximum Gasteiger partial charge on any atom is 0.267 e. The van der Waals surface area contributed by atoms with E-state index in [1.165, 1.54) is 0 Å². The molecule has 0 aromatic rings. The van der Waals surface area contributed by atoms with Crippen molar-refractivity contribution in [2.24, 2.45) is 5.28 Å². The number of hydroxylamine groups is 1. The van der Waals surface area contributed by atoms with Gasteiger partial charge in [-0.3, -0.25) is 0 Å². The van der Waals surface area contributed by atoms with Gasteiger partial charge in [0.05, 0.1) is 0 Å². The second-order valence-corrected chi connectivity index (χ2v) is 4.24. The van der Waals surface area contributed by atoms with E-state index in [4.69, 9.17) is 4.74 Å². The molecule has 1 aliphatic carbocycles. The van der Waals surface area contributed by atoms with Gasteiger partial charge >= 0.3 is 0 Å². The maximum atomic E-state index is 11.4. The number of hydrogen-bond donors (Lipinski definition) is 0. The number of rotatable bonds is 1. The van der Waals surface area contributed by atoms with Crippen molar-refractivity contribution in [1.82, 2.24) is 0 Å². The summed E-state index contributed by atoms with van der Waals surface area (Å²) < 4.78 is 7.46. The van der Waals surface area contributed by atoms with E-state index >= 15 is 0 Å². The SMILES string of the molecule is [O-]/N=[N+](\[O-])C1CCCCC1=[N+]1CCOCC1. The fourth-order valence-corrected chi connectivity index (χ4v) is 2.49. The highest BCUT2D eigenvalue weighted by Crippen LogP contribution is 2.19. The lowest BCUT2D eigenvalue weighted by Gasteiger charge is -2.22. The normalized spacial score (nSPS) is 28.2. The van der Waals surface area contributed by atoms with Crippen LogP contribution in [0.3, 0.4) is 0 Å². The van der Waals surface area contributed by atoms with Crippen molar-refractivity contribution in [3.05, 3.63) is 10.4 Å². The third-order valence-electron chi connectivity index (χ3n) is 3.31. The van der Waals surface area contributed by atoms with Gasteiger partial charge < -0.3 is 15.2 Å². The Balaban J connectivity index is 2.20. The summed E-state index contributed by atoms with van der Waals surface area (Å²) in [6.45, 7) is 3.03. The molecule has 2 fully saturated rings. The number of nitrogens with zero attached hydrogens (tertiary/aromatic N) is 3. The minimum absolute atomic E-state index is 0.323. The molecule has 2 aliphatic rings. The van der Waals surface area contributed by atoms with Gasteiger partial charge in [0.25, 0.3) is 6.04 Å². The predicted octanol–water partition coefficient (Wildman–Crippen LogP) is 0.873. The Hall–Kier alpha value is -1.17. The van der Waals surface area contributed by atoms with Gasteiger partial charge in [0.15, 0.2) is 13.1 Å². The van der Waals surface area contributed by atoms with Gasteiger partial charge in [-0.05, 0) is 18.1 Å². The molecule has 0 N–H and O–H groups in total. The molecular weight excluding hydrogens is 210 g/mol. The summed E-state index contributed by atoms with van der Waals surface area (Å²) in [5.74, 6) is 0. The minimum atomic E-state index is -0.343. The first kappa shape index (κ1) is 11.3. The zero-order valence-electron chi connectivity index (χ0n) is 9.30. The molecule has 16 heavy (non-hydrogen) atoms. The van der Waals surface area contributed by atoms with E-state index in [0.29, 0.717) is 18.1 Å². The molecule has 0 aromatic heterocycles. The van der Waals surface area contributed by atoms with Crippen LogP contribution in [0.5, 0.6) is 0 Å². The van der Waals surface area contributed by atoms with Crippen molar-refractivity contribution in [3.8, 4) is 0 Å². The highest BCUT2D eigenvalue weighted by molar-refractivity contribution is 5.84. The average Bonchev–Trinajstić information content (AvgIpc) is 2.39. The predicted molar refractivity (Wildman–Crippen MR) is 57.5 cm³/mol. The van der Waals surface area contributed by atoms with Gasteiger partial charge in [-0.2, -0.15) is 0 Å². The molecule has 2 rings (SSSR count). The van der Waals surface area contributed by atoms with Crippen LogP contribution in [-0.2, 0) is 4.74 Å². The van der Waals surface area contributed by atoms with Crippen molar-refractivity contribution in [2.45, 2.75) is 31.7 Å². The molecule has 1 aliphatic heterocycles. The van der Waals surface area contributed by atoms with Crippen molar-refractivity contribution >= 4 is 5.71 Å². The molecule has 1 heterocycles. The van der Waals surface area contributed by atoms with E-state index < -0.39 is 0 Å². The highest BCUT2D eigenvalue weighted by atomic mass is 16.6. The Morgan fingerprint density at radius 2 is 2.06 bits per heavy atom. The molecule has 0 spiro atoms. The molecule has 6 heteroatoms. The standard InChI is InChI=1S/C10H17N3O3/c14-11-13(15)10-4-2-1-3-9(10)12-5-7-16-8-6-12/h10H,1-8H2/b13-11-. The lowest BCUT2D eigenvalue weighted by Crippen LogP contribution is -2.43. The summed E-state index contributed by atoms with van der Waals surface area (Å²) in [4.78, 5) is 0.323. The van der Waals surface area contributed by atoms with Crippen LogP contribution in [0.15, 0.2) is 5.28 Å². The third kappa shape index (κ3) is 2.32.